The first kappa shape index (κ1) is 4.23. The molecule has 0 amide bonds. The second-order valence-electron chi connectivity index (χ2n) is 0.586. The first-order valence-electron chi connectivity index (χ1n) is 1.27. The molecule has 1 nitrogen and oxygen atoms in total. The normalized spacial score (nSPS) is 5.40. The molecule has 0 fully saturated rings. The lowest BCUT2D eigenvalue weighted by Gasteiger charge is -1.63. The van der Waals surface area contributed by atoms with E-state index >= 15 is 0 Å². The molecule has 0 heterocycles. The van der Waals surface area contributed by atoms with Crippen LogP contribution in [0, 0.1) is 12.3 Å². The molecule has 0 bridgehead atoms. The Morgan fingerprint density at radius 2 is 2.60 bits per heavy atom. The van der Waals surface area contributed by atoms with E-state index in [0.29, 0.717) is 6.54 Å². The van der Waals surface area contributed by atoms with Crippen LogP contribution in [0.25, 0.3) is 0 Å². The van der Waals surface area contributed by atoms with Gasteiger partial charge in [0.1, 0.15) is 0 Å². The van der Waals surface area contributed by atoms with Gasteiger partial charge in [-0.25, -0.2) is 0 Å². The van der Waals surface area contributed by atoms with E-state index in [9.17, 15) is 0 Å². The van der Waals surface area contributed by atoms with Crippen molar-refractivity contribution in [2.75, 3.05) is 6.54 Å². The van der Waals surface area contributed by atoms with Gasteiger partial charge in [-0.2, -0.15) is 0 Å². The second-order valence-corrected chi connectivity index (χ2v) is 0.586. The molecule has 0 N–H and O–H groups in total. The second kappa shape index (κ2) is 3.23. The van der Waals surface area contributed by atoms with Crippen LogP contribution in [-0.4, -0.2) is 13.3 Å². The fraction of sp³-hybridized carbons (Fsp3) is 0.250. The summed E-state index contributed by atoms with van der Waals surface area (Å²) in [7, 11) is 0. The van der Waals surface area contributed by atoms with Crippen LogP contribution in [0.3, 0.4) is 0 Å². The minimum atomic E-state index is 0.431. The third kappa shape index (κ3) is 3.23. The van der Waals surface area contributed by atoms with Crippen molar-refractivity contribution in [3.63, 3.8) is 0 Å². The summed E-state index contributed by atoms with van der Waals surface area (Å²) in [5.41, 5.74) is 0. The van der Waals surface area contributed by atoms with E-state index < -0.39 is 0 Å². The van der Waals surface area contributed by atoms with Crippen LogP contribution in [0.15, 0.2) is 4.99 Å². The summed E-state index contributed by atoms with van der Waals surface area (Å²) >= 11 is 0. The first-order chi connectivity index (χ1) is 2.41. The van der Waals surface area contributed by atoms with E-state index in [2.05, 4.69) is 17.6 Å². The molecule has 0 aromatic rings. The van der Waals surface area contributed by atoms with Gasteiger partial charge in [0.15, 0.2) is 0 Å². The van der Waals surface area contributed by atoms with Crippen LogP contribution in [0.5, 0.6) is 0 Å². The summed E-state index contributed by atoms with van der Waals surface area (Å²) < 4.78 is 0. The molecule has 0 aromatic carbocycles. The zero-order valence-corrected chi connectivity index (χ0v) is 2.94. The van der Waals surface area contributed by atoms with Crippen molar-refractivity contribution in [3.05, 3.63) is 0 Å². The molecular weight excluding hydrogens is 62.1 g/mol. The lowest BCUT2D eigenvalue weighted by atomic mass is 10.7. The highest BCUT2D eigenvalue weighted by atomic mass is 14.6. The van der Waals surface area contributed by atoms with Crippen LogP contribution in [0.2, 0.25) is 0 Å². The van der Waals surface area contributed by atoms with Gasteiger partial charge in [-0.1, -0.05) is 5.92 Å². The quantitative estimate of drug-likeness (QED) is 0.309. The number of nitrogens with zero attached hydrogens (tertiary/aromatic N) is 1. The van der Waals surface area contributed by atoms with Crippen molar-refractivity contribution < 1.29 is 0 Å². The Hall–Kier alpha value is -0.770. The summed E-state index contributed by atoms with van der Waals surface area (Å²) in [6.07, 6.45) is 4.76. The van der Waals surface area contributed by atoms with Gasteiger partial charge in [-0.3, -0.25) is 4.99 Å². The number of hydrogen-bond acceptors (Lipinski definition) is 1. The molecule has 5 heavy (non-hydrogen) atoms. The SMILES string of the molecule is C#CCN=C. The van der Waals surface area contributed by atoms with Gasteiger partial charge in [0.25, 0.3) is 0 Å². The summed E-state index contributed by atoms with van der Waals surface area (Å²) in [6, 6.07) is 0. The number of aliphatic imine (C=N–C) groups is 1. The summed E-state index contributed by atoms with van der Waals surface area (Å²) in [5.74, 6) is 2.29. The van der Waals surface area contributed by atoms with Crippen molar-refractivity contribution in [1.82, 2.24) is 0 Å². The molecule has 0 saturated carbocycles. The van der Waals surface area contributed by atoms with Crippen LogP contribution < -0.4 is 0 Å². The summed E-state index contributed by atoms with van der Waals surface area (Å²) in [6.45, 7) is 3.59. The molecule has 0 rings (SSSR count). The van der Waals surface area contributed by atoms with Gasteiger partial charge in [0, 0.05) is 0 Å². The predicted octanol–water partition coefficient (Wildman–Crippen LogP) is 0.320. The van der Waals surface area contributed by atoms with Gasteiger partial charge in [0.2, 0.25) is 0 Å². The maximum atomic E-state index is 4.76. The molecule has 0 spiro atoms. The minimum absolute atomic E-state index is 0.431. The smallest absolute Gasteiger partial charge is 0.0987 e. The molecule has 26 valence electrons. The standard InChI is InChI=1S/C4H5N/c1-3-4-5-2/h1H,2,4H2. The molecule has 0 aliphatic carbocycles. The Labute approximate surface area is 31.7 Å². The van der Waals surface area contributed by atoms with Crippen LogP contribution in [0.4, 0.5) is 0 Å². The first-order valence-corrected chi connectivity index (χ1v) is 1.27. The third-order valence-corrected chi connectivity index (χ3v) is 0.203. The Morgan fingerprint density at radius 3 is 2.60 bits per heavy atom. The molecule has 0 atom stereocenters. The van der Waals surface area contributed by atoms with Crippen LogP contribution in [0.1, 0.15) is 0 Å². The van der Waals surface area contributed by atoms with Crippen LogP contribution in [-0.2, 0) is 0 Å². The lowest BCUT2D eigenvalue weighted by Crippen LogP contribution is -1.61. The van der Waals surface area contributed by atoms with E-state index in [1.54, 1.807) is 0 Å². The summed E-state index contributed by atoms with van der Waals surface area (Å²) in [5, 5.41) is 0. The van der Waals surface area contributed by atoms with Crippen molar-refractivity contribution in [2.45, 2.75) is 0 Å². The largest absolute Gasteiger partial charge is 0.288 e. The van der Waals surface area contributed by atoms with Gasteiger partial charge in [-0.05, 0) is 6.72 Å². The maximum absolute atomic E-state index is 4.76. The molecular formula is C4H5N. The van der Waals surface area contributed by atoms with E-state index in [1.165, 1.54) is 0 Å². The Bertz CT molecular complexity index is 58.5. The van der Waals surface area contributed by atoms with E-state index in [0.717, 1.165) is 0 Å². The molecule has 0 aliphatic heterocycles. The van der Waals surface area contributed by atoms with E-state index in [1.807, 2.05) is 0 Å². The molecule has 0 unspecified atom stereocenters. The molecule has 0 aromatic heterocycles. The van der Waals surface area contributed by atoms with Gasteiger partial charge >= 0.3 is 0 Å². The lowest BCUT2D eigenvalue weighted by molar-refractivity contribution is 1.32. The monoisotopic (exact) mass is 67.0 g/mol. The van der Waals surface area contributed by atoms with Gasteiger partial charge in [-0.15, -0.1) is 6.42 Å². The van der Waals surface area contributed by atoms with Gasteiger partial charge < -0.3 is 0 Å². The number of terminal acetylenes is 1. The molecule has 0 aliphatic rings. The molecule has 1 heteroatoms. The Kier molecular flexibility index (Phi) is 2.73. The topological polar surface area (TPSA) is 12.4 Å². The maximum Gasteiger partial charge on any atom is 0.0987 e. The average Bonchev–Trinajstić information content (AvgIpc) is 1.41. The molecule has 0 saturated heterocycles. The van der Waals surface area contributed by atoms with Gasteiger partial charge in [0.05, 0.1) is 6.54 Å². The zero-order valence-electron chi connectivity index (χ0n) is 2.94. The highest BCUT2D eigenvalue weighted by molar-refractivity contribution is 5.24. The Morgan fingerprint density at radius 1 is 2.00 bits per heavy atom. The van der Waals surface area contributed by atoms with E-state index in [-0.39, 0.29) is 0 Å². The minimum Gasteiger partial charge on any atom is -0.288 e. The predicted molar refractivity (Wildman–Crippen MR) is 23.2 cm³/mol. The zero-order chi connectivity index (χ0) is 4.12. The fourth-order valence-electron chi connectivity index (χ4n) is 0.0645. The van der Waals surface area contributed by atoms with E-state index in [4.69, 9.17) is 6.42 Å². The van der Waals surface area contributed by atoms with Crippen molar-refractivity contribution >= 4 is 6.72 Å². The average molecular weight is 67.1 g/mol. The van der Waals surface area contributed by atoms with Crippen LogP contribution >= 0.6 is 0 Å². The fourth-order valence-corrected chi connectivity index (χ4v) is 0.0645. The van der Waals surface area contributed by atoms with Crippen molar-refractivity contribution in [1.29, 1.82) is 0 Å². The molecule has 0 radical (unpaired) electrons. The number of rotatable bonds is 1. The third-order valence-electron chi connectivity index (χ3n) is 0.203. The number of hydrogen-bond donors (Lipinski definition) is 0. The van der Waals surface area contributed by atoms with Crippen molar-refractivity contribution in [3.8, 4) is 12.3 Å². The van der Waals surface area contributed by atoms with Crippen molar-refractivity contribution in [2.24, 2.45) is 4.99 Å². The summed E-state index contributed by atoms with van der Waals surface area (Å²) in [4.78, 5) is 3.37. The Balaban J connectivity index is 2.75. The highest BCUT2D eigenvalue weighted by Crippen LogP contribution is 1.52. The highest BCUT2D eigenvalue weighted by Gasteiger charge is 1.51.